The minimum Gasteiger partial charge on any atom is -0.497 e. The van der Waals surface area contributed by atoms with Gasteiger partial charge in [-0.25, -0.2) is 0 Å². The highest BCUT2D eigenvalue weighted by Crippen LogP contribution is 2.26. The number of aromatic amines is 1. The monoisotopic (exact) mass is 355 g/mol. The summed E-state index contributed by atoms with van der Waals surface area (Å²) in [7, 11) is 1.65. The number of likely N-dealkylation sites (tertiary alicyclic amines) is 1. The van der Waals surface area contributed by atoms with Crippen molar-refractivity contribution in [3.05, 3.63) is 53.3 Å². The summed E-state index contributed by atoms with van der Waals surface area (Å²) in [4.78, 5) is 29.1. The fourth-order valence-electron chi connectivity index (χ4n) is 3.35. The summed E-state index contributed by atoms with van der Waals surface area (Å²) < 4.78 is 5.24. The summed E-state index contributed by atoms with van der Waals surface area (Å²) in [6.07, 6.45) is 3.93. The molecule has 2 N–H and O–H groups in total. The minimum absolute atomic E-state index is 0.0616. The van der Waals surface area contributed by atoms with Crippen LogP contribution in [-0.2, 0) is 0 Å². The van der Waals surface area contributed by atoms with Gasteiger partial charge in [0.25, 0.3) is 5.91 Å². The quantitative estimate of drug-likeness (QED) is 0.749. The van der Waals surface area contributed by atoms with Crippen LogP contribution in [0.1, 0.15) is 52.2 Å². The highest BCUT2D eigenvalue weighted by molar-refractivity contribution is 5.99. The Bertz CT molecular complexity index is 761. The Morgan fingerprint density at radius 3 is 2.50 bits per heavy atom. The van der Waals surface area contributed by atoms with Crippen molar-refractivity contribution in [2.75, 3.05) is 26.7 Å². The van der Waals surface area contributed by atoms with Gasteiger partial charge in [0, 0.05) is 18.3 Å². The maximum absolute atomic E-state index is 12.4. The summed E-state index contributed by atoms with van der Waals surface area (Å²) in [6, 6.07) is 9.71. The Labute approximate surface area is 153 Å². The first-order valence-electron chi connectivity index (χ1n) is 8.94. The third kappa shape index (κ3) is 4.14. The second kappa shape index (κ2) is 8.19. The van der Waals surface area contributed by atoms with Gasteiger partial charge in [0.2, 0.25) is 0 Å². The molecule has 0 aliphatic carbocycles. The van der Waals surface area contributed by atoms with E-state index < -0.39 is 0 Å². The number of carbonyl (C=O) groups is 2. The van der Waals surface area contributed by atoms with E-state index in [1.165, 1.54) is 19.8 Å². The van der Waals surface area contributed by atoms with Crippen molar-refractivity contribution < 1.29 is 14.3 Å². The van der Waals surface area contributed by atoms with E-state index >= 15 is 0 Å². The van der Waals surface area contributed by atoms with Gasteiger partial charge in [-0.1, -0.05) is 12.1 Å². The van der Waals surface area contributed by atoms with Gasteiger partial charge in [-0.15, -0.1) is 0 Å². The van der Waals surface area contributed by atoms with E-state index in [1.54, 1.807) is 19.4 Å². The molecule has 6 heteroatoms. The second-order valence-corrected chi connectivity index (χ2v) is 6.60. The summed E-state index contributed by atoms with van der Waals surface area (Å²) >= 11 is 0. The molecule has 1 fully saturated rings. The van der Waals surface area contributed by atoms with Crippen LogP contribution in [0.2, 0.25) is 0 Å². The van der Waals surface area contributed by atoms with Gasteiger partial charge in [-0.3, -0.25) is 14.5 Å². The van der Waals surface area contributed by atoms with Crippen LogP contribution in [0.5, 0.6) is 5.75 Å². The molecule has 0 radical (unpaired) electrons. The van der Waals surface area contributed by atoms with E-state index in [1.807, 2.05) is 12.1 Å². The van der Waals surface area contributed by atoms with Gasteiger partial charge >= 0.3 is 0 Å². The predicted octanol–water partition coefficient (Wildman–Crippen LogP) is 2.79. The number of rotatable bonds is 7. The molecule has 1 aromatic heterocycles. The first kappa shape index (κ1) is 18.2. The number of aromatic nitrogens is 1. The number of nitrogens with one attached hydrogen (secondary N) is 2. The minimum atomic E-state index is -0.199. The SMILES string of the molecule is COc1ccc(C(CNC(=O)c2cc(C(C)=O)c[nH]2)N2CCCC2)cc1. The van der Waals surface area contributed by atoms with Crippen molar-refractivity contribution in [2.24, 2.45) is 0 Å². The fourth-order valence-corrected chi connectivity index (χ4v) is 3.35. The number of ketones is 1. The van der Waals surface area contributed by atoms with E-state index in [9.17, 15) is 9.59 Å². The molecule has 0 spiro atoms. The van der Waals surface area contributed by atoms with Crippen molar-refractivity contribution in [3.63, 3.8) is 0 Å². The van der Waals surface area contributed by atoms with Crippen molar-refractivity contribution >= 4 is 11.7 Å². The molecule has 138 valence electrons. The molecule has 1 amide bonds. The Balaban J connectivity index is 1.70. The Morgan fingerprint density at radius 2 is 1.92 bits per heavy atom. The number of hydrogen-bond donors (Lipinski definition) is 2. The highest BCUT2D eigenvalue weighted by Gasteiger charge is 2.24. The molecule has 2 aromatic rings. The topological polar surface area (TPSA) is 74.4 Å². The number of amides is 1. The fraction of sp³-hybridized carbons (Fsp3) is 0.400. The maximum atomic E-state index is 12.4. The molecule has 26 heavy (non-hydrogen) atoms. The molecule has 3 rings (SSSR count). The maximum Gasteiger partial charge on any atom is 0.267 e. The Morgan fingerprint density at radius 1 is 1.23 bits per heavy atom. The molecule has 1 aromatic carbocycles. The van der Waals surface area contributed by atoms with Gasteiger partial charge in [0.05, 0.1) is 13.2 Å². The average Bonchev–Trinajstić information content (AvgIpc) is 3.34. The van der Waals surface area contributed by atoms with Crippen LogP contribution in [0.25, 0.3) is 0 Å². The van der Waals surface area contributed by atoms with Crippen molar-refractivity contribution in [1.82, 2.24) is 15.2 Å². The van der Waals surface area contributed by atoms with Gasteiger partial charge in [0.1, 0.15) is 11.4 Å². The van der Waals surface area contributed by atoms with Crippen LogP contribution in [-0.4, -0.2) is 48.3 Å². The second-order valence-electron chi connectivity index (χ2n) is 6.60. The normalized spacial score (nSPS) is 15.6. The molecule has 1 aliphatic heterocycles. The summed E-state index contributed by atoms with van der Waals surface area (Å²) in [5, 5.41) is 3.00. The largest absolute Gasteiger partial charge is 0.497 e. The summed E-state index contributed by atoms with van der Waals surface area (Å²) in [5.74, 6) is 0.560. The lowest BCUT2D eigenvalue weighted by atomic mass is 10.1. The molecule has 0 bridgehead atoms. The number of benzene rings is 1. The zero-order valence-corrected chi connectivity index (χ0v) is 15.2. The lowest BCUT2D eigenvalue weighted by molar-refractivity contribution is 0.0933. The molecule has 2 heterocycles. The Kier molecular flexibility index (Phi) is 5.73. The number of methoxy groups -OCH3 is 1. The van der Waals surface area contributed by atoms with E-state index in [2.05, 4.69) is 27.3 Å². The summed E-state index contributed by atoms with van der Waals surface area (Å²) in [6.45, 7) is 4.06. The molecular weight excluding hydrogens is 330 g/mol. The number of ether oxygens (including phenoxy) is 1. The third-order valence-corrected chi connectivity index (χ3v) is 4.87. The molecule has 1 aliphatic rings. The first-order chi connectivity index (χ1) is 12.6. The molecular formula is C20H25N3O3. The highest BCUT2D eigenvalue weighted by atomic mass is 16.5. The van der Waals surface area contributed by atoms with Crippen LogP contribution in [0, 0.1) is 0 Å². The number of carbonyl (C=O) groups excluding carboxylic acids is 2. The lowest BCUT2D eigenvalue weighted by Crippen LogP contribution is -2.36. The van der Waals surface area contributed by atoms with Crippen molar-refractivity contribution in [2.45, 2.75) is 25.8 Å². The van der Waals surface area contributed by atoms with E-state index in [0.717, 1.165) is 24.4 Å². The van der Waals surface area contributed by atoms with Gasteiger partial charge in [-0.2, -0.15) is 0 Å². The van der Waals surface area contributed by atoms with Crippen LogP contribution < -0.4 is 10.1 Å². The Hall–Kier alpha value is -2.60. The molecule has 1 unspecified atom stereocenters. The molecule has 1 saturated heterocycles. The van der Waals surface area contributed by atoms with Crippen LogP contribution >= 0.6 is 0 Å². The molecule has 0 saturated carbocycles. The third-order valence-electron chi connectivity index (χ3n) is 4.87. The van der Waals surface area contributed by atoms with Crippen molar-refractivity contribution in [1.29, 1.82) is 0 Å². The smallest absolute Gasteiger partial charge is 0.267 e. The van der Waals surface area contributed by atoms with Gasteiger partial charge in [-0.05, 0) is 56.6 Å². The van der Waals surface area contributed by atoms with E-state index in [-0.39, 0.29) is 17.7 Å². The van der Waals surface area contributed by atoms with E-state index in [4.69, 9.17) is 4.74 Å². The average molecular weight is 355 g/mol. The zero-order valence-electron chi connectivity index (χ0n) is 15.2. The predicted molar refractivity (Wildman–Crippen MR) is 99.7 cm³/mol. The number of Topliss-reactive ketones (excluding diaryl/α,β-unsaturated/α-hetero) is 1. The van der Waals surface area contributed by atoms with Crippen LogP contribution in [0.4, 0.5) is 0 Å². The van der Waals surface area contributed by atoms with Gasteiger partial charge < -0.3 is 15.0 Å². The first-order valence-corrected chi connectivity index (χ1v) is 8.94. The standard InChI is InChI=1S/C20H25N3O3/c1-14(24)16-11-18(21-12-16)20(25)22-13-19(23-9-3-4-10-23)15-5-7-17(26-2)8-6-15/h5-8,11-12,19,21H,3-4,9-10,13H2,1-2H3,(H,22,25). The number of H-pyrrole nitrogens is 1. The van der Waals surface area contributed by atoms with Gasteiger partial charge in [0.15, 0.2) is 5.78 Å². The zero-order chi connectivity index (χ0) is 18.5. The molecule has 1 atom stereocenters. The van der Waals surface area contributed by atoms with E-state index in [0.29, 0.717) is 17.8 Å². The van der Waals surface area contributed by atoms with Crippen molar-refractivity contribution in [3.8, 4) is 5.75 Å². The number of nitrogens with zero attached hydrogens (tertiary/aromatic N) is 1. The van der Waals surface area contributed by atoms with Crippen LogP contribution in [0.15, 0.2) is 36.5 Å². The summed E-state index contributed by atoms with van der Waals surface area (Å²) in [5.41, 5.74) is 2.08. The van der Waals surface area contributed by atoms with Crippen LogP contribution in [0.3, 0.4) is 0 Å². The lowest BCUT2D eigenvalue weighted by Gasteiger charge is -2.28. The molecule has 6 nitrogen and oxygen atoms in total. The number of hydrogen-bond acceptors (Lipinski definition) is 4.